The Balaban J connectivity index is 2.61. The topological polar surface area (TPSA) is 189 Å². The summed E-state index contributed by atoms with van der Waals surface area (Å²) in [5.74, 6) is -4.17. The predicted octanol–water partition coefficient (Wildman–Crippen LogP) is 1.28. The molecule has 2 fully saturated rings. The molecule has 5 unspecified atom stereocenters. The molecule has 2 heterocycles. The number of hydrogen-bond acceptors (Lipinski definition) is 14. The van der Waals surface area contributed by atoms with Crippen LogP contribution in [0.4, 0.5) is 0 Å². The highest BCUT2D eigenvalue weighted by Gasteiger charge is 2.51. The molecule has 0 aromatic rings. The predicted molar refractivity (Wildman–Crippen MR) is 173 cm³/mol. The molecule has 0 aromatic carbocycles. The maximum atomic E-state index is 13.4. The average Bonchev–Trinajstić information content (AvgIpc) is 3.00. The van der Waals surface area contributed by atoms with Crippen molar-refractivity contribution in [3.05, 3.63) is 0 Å². The van der Waals surface area contributed by atoms with Gasteiger partial charge in [-0.15, -0.1) is 0 Å². The number of esters is 1. The summed E-state index contributed by atoms with van der Waals surface area (Å²) in [4.78, 5) is 20.8. The van der Waals surface area contributed by atoms with Gasteiger partial charge in [0.25, 0.3) is 0 Å². The molecule has 0 radical (unpaired) electrons. The molecule has 14 heteroatoms. The first-order valence-corrected chi connectivity index (χ1v) is 16.7. The van der Waals surface area contributed by atoms with E-state index in [9.17, 15) is 30.3 Å². The molecule has 14 atom stereocenters. The summed E-state index contributed by atoms with van der Waals surface area (Å²) in [5.41, 5.74) is -3.32. The first-order chi connectivity index (χ1) is 21.8. The van der Waals surface area contributed by atoms with Crippen molar-refractivity contribution in [3.63, 3.8) is 0 Å². The highest BCUT2D eigenvalue weighted by molar-refractivity contribution is 5.88. The van der Waals surface area contributed by atoms with Crippen LogP contribution in [0.1, 0.15) is 74.7 Å². The highest BCUT2D eigenvalue weighted by atomic mass is 16.7. The summed E-state index contributed by atoms with van der Waals surface area (Å²) in [6.45, 7) is 13.5. The quantitative estimate of drug-likeness (QED) is 0.0963. The molecule has 47 heavy (non-hydrogen) atoms. The van der Waals surface area contributed by atoms with Crippen LogP contribution in [-0.4, -0.2) is 143 Å². The van der Waals surface area contributed by atoms with E-state index in [0.29, 0.717) is 18.7 Å². The third kappa shape index (κ3) is 10.5. The Hall–Kier alpha value is -1.46. The van der Waals surface area contributed by atoms with Crippen molar-refractivity contribution in [3.8, 4) is 0 Å². The van der Waals surface area contributed by atoms with E-state index >= 15 is 0 Å². The largest absolute Gasteiger partial charge is 0.459 e. The molecular formula is C33H62N2O12. The van der Waals surface area contributed by atoms with Gasteiger partial charge in [0.05, 0.1) is 54.9 Å². The second-order valence-electron chi connectivity index (χ2n) is 14.2. The van der Waals surface area contributed by atoms with E-state index in [1.165, 1.54) is 13.8 Å². The van der Waals surface area contributed by atoms with Gasteiger partial charge < -0.3 is 59.0 Å². The zero-order valence-corrected chi connectivity index (χ0v) is 30.2. The number of carbonyl (C=O) groups excluding carboxylic acids is 1. The molecule has 2 rings (SSSR count). The number of oxime groups is 1. The lowest BCUT2D eigenvalue weighted by atomic mass is 9.73. The van der Waals surface area contributed by atoms with Gasteiger partial charge in [0.1, 0.15) is 17.8 Å². The number of aliphatic hydroxyl groups is 5. The molecule has 2 aliphatic heterocycles. The van der Waals surface area contributed by atoms with Gasteiger partial charge in [-0.05, 0) is 61.1 Å². The van der Waals surface area contributed by atoms with Crippen LogP contribution in [0.25, 0.3) is 0 Å². The van der Waals surface area contributed by atoms with Crippen molar-refractivity contribution in [2.75, 3.05) is 41.2 Å². The van der Waals surface area contributed by atoms with Crippen LogP contribution >= 0.6 is 0 Å². The van der Waals surface area contributed by atoms with Crippen molar-refractivity contribution in [2.45, 2.75) is 135 Å². The zero-order chi connectivity index (χ0) is 35.9. The number of carbonyl (C=O) groups is 1. The normalized spacial score (nSPS) is 43.9. The minimum Gasteiger partial charge on any atom is -0.459 e. The van der Waals surface area contributed by atoms with Gasteiger partial charge in [-0.3, -0.25) is 4.79 Å². The van der Waals surface area contributed by atoms with E-state index in [4.69, 9.17) is 28.5 Å². The van der Waals surface area contributed by atoms with Crippen LogP contribution in [0.3, 0.4) is 0 Å². The summed E-state index contributed by atoms with van der Waals surface area (Å²) >= 11 is 0. The maximum absolute atomic E-state index is 13.4. The Kier molecular flexibility index (Phi) is 16.0. The lowest BCUT2D eigenvalue weighted by Crippen LogP contribution is -2.60. The number of methoxy groups -OCH3 is 1. The molecule has 0 saturated carbocycles. The molecule has 14 nitrogen and oxygen atoms in total. The molecule has 276 valence electrons. The van der Waals surface area contributed by atoms with Gasteiger partial charge in [0, 0.05) is 30.9 Å². The van der Waals surface area contributed by atoms with E-state index < -0.39 is 77.7 Å². The van der Waals surface area contributed by atoms with Crippen molar-refractivity contribution >= 4 is 11.7 Å². The Labute approximate surface area is 280 Å². The summed E-state index contributed by atoms with van der Waals surface area (Å²) in [6.07, 6.45) is -6.88. The molecule has 0 amide bonds. The number of rotatable bonds is 10. The van der Waals surface area contributed by atoms with E-state index in [1.807, 2.05) is 25.9 Å². The number of aliphatic hydroxyl groups excluding tert-OH is 3. The van der Waals surface area contributed by atoms with Gasteiger partial charge in [-0.25, -0.2) is 0 Å². The zero-order valence-electron chi connectivity index (χ0n) is 30.2. The van der Waals surface area contributed by atoms with Gasteiger partial charge >= 0.3 is 5.97 Å². The van der Waals surface area contributed by atoms with E-state index in [2.05, 4.69) is 5.16 Å². The van der Waals surface area contributed by atoms with Gasteiger partial charge in [0.2, 0.25) is 6.79 Å². The molecule has 2 aliphatic rings. The maximum Gasteiger partial charge on any atom is 0.311 e. The summed E-state index contributed by atoms with van der Waals surface area (Å²) in [5, 5.41) is 62.4. The van der Waals surface area contributed by atoms with Crippen LogP contribution in [0, 0.1) is 23.7 Å². The van der Waals surface area contributed by atoms with Crippen LogP contribution in [0.2, 0.25) is 0 Å². The molecular weight excluding hydrogens is 616 g/mol. The Morgan fingerprint density at radius 2 is 1.64 bits per heavy atom. The number of ether oxygens (including phenoxy) is 5. The highest BCUT2D eigenvalue weighted by Crippen LogP contribution is 2.38. The summed E-state index contributed by atoms with van der Waals surface area (Å²) < 4.78 is 28.5. The molecule has 5 N–H and O–H groups in total. The second kappa shape index (κ2) is 18.0. The molecule has 0 bridgehead atoms. The second-order valence-corrected chi connectivity index (χ2v) is 14.2. The van der Waals surface area contributed by atoms with E-state index in [-0.39, 0.29) is 38.4 Å². The van der Waals surface area contributed by atoms with Crippen molar-refractivity contribution in [1.82, 2.24) is 4.90 Å². The van der Waals surface area contributed by atoms with Gasteiger partial charge in [-0.2, -0.15) is 0 Å². The van der Waals surface area contributed by atoms with Crippen LogP contribution in [0.5, 0.6) is 0 Å². The monoisotopic (exact) mass is 678 g/mol. The number of likely N-dealkylation sites (N-methyl/N-ethyl adjacent to an activating group) is 1. The van der Waals surface area contributed by atoms with E-state index in [1.54, 1.807) is 41.7 Å². The lowest BCUT2D eigenvalue weighted by Gasteiger charge is -2.47. The van der Waals surface area contributed by atoms with E-state index in [0.717, 1.165) is 0 Å². The van der Waals surface area contributed by atoms with Gasteiger partial charge in [0.15, 0.2) is 6.29 Å². The van der Waals surface area contributed by atoms with Gasteiger partial charge in [-0.1, -0.05) is 32.9 Å². The fourth-order valence-corrected chi connectivity index (χ4v) is 6.93. The molecule has 0 spiro atoms. The number of nitrogens with zero attached hydrogens (tertiary/aromatic N) is 2. The lowest BCUT2D eigenvalue weighted by molar-refractivity contribution is -0.298. The SMILES string of the molecule is CCC1OC(=O)[C@@H](C)[C@H](O)[C@@H](C)[C@H](OC2OC(C)CC(N(C)C)C2O)[C@@](C)(O)C[C@H](C)/C(=N\OCOCCOC)[C@@H](C)[C@H](O)[C@@]1(C)O. The van der Waals surface area contributed by atoms with Crippen molar-refractivity contribution < 1.29 is 58.8 Å². The standard InChI is InChI=1S/C33H62N2O12/c1-12-24-33(8,41)28(38)20(4)25(34-44-17-43-14-13-42-11)18(2)16-32(7,40)29(21(5)26(36)22(6)30(39)46-24)47-31-27(37)23(35(9)10)15-19(3)45-31/h18-24,26-29,31,36-38,40-41H,12-17H2,1-11H3/b34-25+/t18-,19?,20+,21+,22-,23?,24?,26+,27?,28-,29-,31?,32-,33-/m0/s1. The molecule has 0 aromatic heterocycles. The first-order valence-electron chi connectivity index (χ1n) is 16.7. The Morgan fingerprint density at radius 1 is 1.00 bits per heavy atom. The average molecular weight is 679 g/mol. The molecule has 2 saturated heterocycles. The Morgan fingerprint density at radius 3 is 2.21 bits per heavy atom. The fraction of sp³-hybridized carbons (Fsp3) is 0.939. The third-order valence-electron chi connectivity index (χ3n) is 9.85. The minimum atomic E-state index is -1.91. The smallest absolute Gasteiger partial charge is 0.311 e. The first kappa shape index (κ1) is 41.7. The van der Waals surface area contributed by atoms with Crippen LogP contribution < -0.4 is 0 Å². The van der Waals surface area contributed by atoms with Crippen molar-refractivity contribution in [2.24, 2.45) is 28.8 Å². The Bertz CT molecular complexity index is 995. The van der Waals surface area contributed by atoms with Crippen molar-refractivity contribution in [1.29, 1.82) is 0 Å². The summed E-state index contributed by atoms with van der Waals surface area (Å²) in [6, 6.07) is -0.289. The number of cyclic esters (lactones) is 1. The number of hydrogen-bond donors (Lipinski definition) is 5. The minimum absolute atomic E-state index is 0.00777. The van der Waals surface area contributed by atoms with Crippen LogP contribution in [-0.2, 0) is 33.3 Å². The summed E-state index contributed by atoms with van der Waals surface area (Å²) in [7, 11) is 5.25. The van der Waals surface area contributed by atoms with Crippen LogP contribution in [0.15, 0.2) is 5.16 Å². The third-order valence-corrected chi connectivity index (χ3v) is 9.85. The fourth-order valence-electron chi connectivity index (χ4n) is 6.93. The molecule has 0 aliphatic carbocycles.